The van der Waals surface area contributed by atoms with Crippen molar-refractivity contribution in [3.63, 3.8) is 0 Å². The lowest BCUT2D eigenvalue weighted by atomic mass is 10.1. The SMILES string of the molecule is O=CNc1cc(C(O)C[NH2+]CCc2ccc(NC(=O)Cc3ccccn3)cc2)ccc1O. The van der Waals surface area contributed by atoms with Gasteiger partial charge >= 0.3 is 0 Å². The predicted octanol–water partition coefficient (Wildman–Crippen LogP) is 1.38. The Morgan fingerprint density at radius 2 is 1.94 bits per heavy atom. The van der Waals surface area contributed by atoms with E-state index in [1.54, 1.807) is 18.3 Å². The molecule has 8 heteroatoms. The van der Waals surface area contributed by atoms with Gasteiger partial charge in [0.2, 0.25) is 12.3 Å². The smallest absolute Gasteiger partial charge is 0.230 e. The van der Waals surface area contributed by atoms with Crippen LogP contribution in [0.2, 0.25) is 0 Å². The number of amides is 2. The molecule has 1 atom stereocenters. The summed E-state index contributed by atoms with van der Waals surface area (Å²) in [7, 11) is 0. The molecule has 0 saturated heterocycles. The summed E-state index contributed by atoms with van der Waals surface area (Å²) in [5.74, 6) is -0.159. The van der Waals surface area contributed by atoms with Crippen LogP contribution in [0.5, 0.6) is 5.75 Å². The summed E-state index contributed by atoms with van der Waals surface area (Å²) in [5, 5.41) is 27.3. The van der Waals surface area contributed by atoms with Crippen LogP contribution in [-0.2, 0) is 22.4 Å². The minimum atomic E-state index is -0.723. The average molecular weight is 436 g/mol. The second-order valence-corrected chi connectivity index (χ2v) is 7.36. The molecule has 3 aromatic rings. The Morgan fingerprint density at radius 1 is 1.12 bits per heavy atom. The molecule has 0 aliphatic heterocycles. The highest BCUT2D eigenvalue weighted by molar-refractivity contribution is 5.92. The zero-order valence-electron chi connectivity index (χ0n) is 17.6. The first kappa shape index (κ1) is 22.9. The number of aromatic nitrogens is 1. The maximum absolute atomic E-state index is 12.1. The number of nitrogens with one attached hydrogen (secondary N) is 2. The monoisotopic (exact) mass is 435 g/mol. The number of phenols is 1. The fourth-order valence-corrected chi connectivity index (χ4v) is 3.25. The highest BCUT2D eigenvalue weighted by Crippen LogP contribution is 2.26. The Labute approximate surface area is 186 Å². The Kier molecular flexibility index (Phi) is 8.30. The lowest BCUT2D eigenvalue weighted by Crippen LogP contribution is -2.85. The zero-order valence-corrected chi connectivity index (χ0v) is 17.6. The molecule has 8 nitrogen and oxygen atoms in total. The van der Waals surface area contributed by atoms with E-state index in [4.69, 9.17) is 0 Å². The Balaban J connectivity index is 1.41. The van der Waals surface area contributed by atoms with E-state index in [0.29, 0.717) is 18.5 Å². The fraction of sp³-hybridized carbons (Fsp3) is 0.208. The van der Waals surface area contributed by atoms with Crippen LogP contribution in [0, 0.1) is 0 Å². The van der Waals surface area contributed by atoms with Gasteiger partial charge in [-0.2, -0.15) is 0 Å². The van der Waals surface area contributed by atoms with E-state index in [2.05, 4.69) is 15.6 Å². The maximum Gasteiger partial charge on any atom is 0.230 e. The first-order valence-electron chi connectivity index (χ1n) is 10.4. The van der Waals surface area contributed by atoms with Crippen molar-refractivity contribution in [2.45, 2.75) is 18.9 Å². The predicted molar refractivity (Wildman–Crippen MR) is 121 cm³/mol. The van der Waals surface area contributed by atoms with Gasteiger partial charge in [0, 0.05) is 24.0 Å². The van der Waals surface area contributed by atoms with Gasteiger partial charge < -0.3 is 26.2 Å². The molecule has 0 aliphatic rings. The largest absolute Gasteiger partial charge is 0.506 e. The van der Waals surface area contributed by atoms with Crippen LogP contribution in [0.4, 0.5) is 11.4 Å². The minimum absolute atomic E-state index is 0.0478. The Morgan fingerprint density at radius 3 is 2.66 bits per heavy atom. The number of aliphatic hydroxyl groups is 1. The number of pyridine rings is 1. The molecule has 2 amide bonds. The van der Waals surface area contributed by atoms with E-state index in [-0.39, 0.29) is 23.8 Å². The van der Waals surface area contributed by atoms with Crippen LogP contribution in [0.3, 0.4) is 0 Å². The summed E-state index contributed by atoms with van der Waals surface area (Å²) >= 11 is 0. The number of benzene rings is 2. The van der Waals surface area contributed by atoms with Gasteiger partial charge in [-0.3, -0.25) is 14.6 Å². The van der Waals surface area contributed by atoms with Gasteiger partial charge in [-0.25, -0.2) is 0 Å². The number of carbonyl (C=O) groups is 2. The van der Waals surface area contributed by atoms with Crippen molar-refractivity contribution in [1.29, 1.82) is 0 Å². The average Bonchev–Trinajstić information content (AvgIpc) is 2.80. The zero-order chi connectivity index (χ0) is 22.8. The van der Waals surface area contributed by atoms with Crippen LogP contribution >= 0.6 is 0 Å². The van der Waals surface area contributed by atoms with E-state index in [1.165, 1.54) is 6.07 Å². The molecule has 1 aromatic heterocycles. The summed E-state index contributed by atoms with van der Waals surface area (Å²) in [6, 6.07) is 17.8. The molecule has 0 radical (unpaired) electrons. The van der Waals surface area contributed by atoms with Crippen molar-refractivity contribution >= 4 is 23.7 Å². The van der Waals surface area contributed by atoms with Gasteiger partial charge in [-0.15, -0.1) is 0 Å². The number of aliphatic hydroxyl groups excluding tert-OH is 1. The molecule has 0 bridgehead atoms. The molecule has 32 heavy (non-hydrogen) atoms. The van der Waals surface area contributed by atoms with Gasteiger partial charge in [-0.05, 0) is 47.5 Å². The van der Waals surface area contributed by atoms with Crippen LogP contribution in [0.1, 0.15) is 22.9 Å². The van der Waals surface area contributed by atoms with Crippen LogP contribution in [0.25, 0.3) is 0 Å². The number of quaternary nitrogens is 1. The number of aromatic hydroxyl groups is 1. The number of hydrogen-bond donors (Lipinski definition) is 5. The number of carbonyl (C=O) groups excluding carboxylic acids is 2. The molecule has 0 fully saturated rings. The highest BCUT2D eigenvalue weighted by atomic mass is 16.3. The molecule has 6 N–H and O–H groups in total. The van der Waals surface area contributed by atoms with Crippen LogP contribution in [-0.4, -0.2) is 40.6 Å². The third kappa shape index (κ3) is 6.90. The number of nitrogens with two attached hydrogens (primary N) is 1. The lowest BCUT2D eigenvalue weighted by molar-refractivity contribution is -0.661. The van der Waals surface area contributed by atoms with Crippen LogP contribution < -0.4 is 16.0 Å². The van der Waals surface area contributed by atoms with Gasteiger partial charge in [0.15, 0.2) is 0 Å². The topological polar surface area (TPSA) is 128 Å². The second-order valence-electron chi connectivity index (χ2n) is 7.36. The number of rotatable bonds is 11. The van der Waals surface area contributed by atoms with Crippen molar-refractivity contribution in [1.82, 2.24) is 4.98 Å². The number of anilines is 2. The summed E-state index contributed by atoms with van der Waals surface area (Å²) < 4.78 is 0. The molecule has 2 aromatic carbocycles. The third-order valence-corrected chi connectivity index (χ3v) is 4.95. The fourth-order valence-electron chi connectivity index (χ4n) is 3.25. The quantitative estimate of drug-likeness (QED) is 0.177. The van der Waals surface area contributed by atoms with E-state index < -0.39 is 6.10 Å². The van der Waals surface area contributed by atoms with E-state index in [9.17, 15) is 19.8 Å². The van der Waals surface area contributed by atoms with Gasteiger partial charge in [0.25, 0.3) is 0 Å². The standard InChI is InChI=1S/C24H26N4O4/c29-16-27-21-13-18(6-9-22(21)30)23(31)15-25-12-10-17-4-7-19(8-5-17)28-24(32)14-20-3-1-2-11-26-20/h1-9,11,13,16,23,25,30-31H,10,12,14-15H2,(H,27,29)(H,28,32)/p+1. The maximum atomic E-state index is 12.1. The molecule has 166 valence electrons. The summed E-state index contributed by atoms with van der Waals surface area (Å²) in [4.78, 5) is 26.9. The van der Waals surface area contributed by atoms with Crippen LogP contribution in [0.15, 0.2) is 66.9 Å². The number of hydrogen-bond acceptors (Lipinski definition) is 5. The molecular formula is C24H27N4O4+. The molecular weight excluding hydrogens is 408 g/mol. The second kappa shape index (κ2) is 11.6. The molecule has 3 rings (SSSR count). The molecule has 0 aliphatic carbocycles. The van der Waals surface area contributed by atoms with Gasteiger partial charge in [-0.1, -0.05) is 24.3 Å². The molecule has 0 saturated carbocycles. The van der Waals surface area contributed by atoms with E-state index >= 15 is 0 Å². The van der Waals surface area contributed by atoms with Crippen molar-refractivity contribution in [3.05, 3.63) is 83.7 Å². The lowest BCUT2D eigenvalue weighted by Gasteiger charge is -2.12. The Bertz CT molecular complexity index is 1030. The van der Waals surface area contributed by atoms with E-state index in [1.807, 2.05) is 47.8 Å². The van der Waals surface area contributed by atoms with Crippen molar-refractivity contribution < 1.29 is 25.1 Å². The van der Waals surface area contributed by atoms with Crippen molar-refractivity contribution in [2.24, 2.45) is 0 Å². The summed E-state index contributed by atoms with van der Waals surface area (Å²) in [5.41, 5.74) is 3.47. The molecule has 0 spiro atoms. The Hall–Kier alpha value is -3.75. The third-order valence-electron chi connectivity index (χ3n) is 4.95. The normalized spacial score (nSPS) is 11.5. The van der Waals surface area contributed by atoms with E-state index in [0.717, 1.165) is 29.9 Å². The summed E-state index contributed by atoms with van der Waals surface area (Å²) in [6.45, 7) is 1.23. The molecule has 1 heterocycles. The van der Waals surface area contributed by atoms with Gasteiger partial charge in [0.1, 0.15) is 18.4 Å². The highest BCUT2D eigenvalue weighted by Gasteiger charge is 2.12. The van der Waals surface area contributed by atoms with Crippen molar-refractivity contribution in [2.75, 3.05) is 23.7 Å². The molecule has 1 unspecified atom stereocenters. The first-order chi connectivity index (χ1) is 15.5. The summed E-state index contributed by atoms with van der Waals surface area (Å²) in [6.07, 6.45) is 2.46. The first-order valence-corrected chi connectivity index (χ1v) is 10.4. The number of phenolic OH excluding ortho intramolecular Hbond substituents is 1. The number of nitrogens with zero attached hydrogens (tertiary/aromatic N) is 1. The minimum Gasteiger partial charge on any atom is -0.506 e. The van der Waals surface area contributed by atoms with Gasteiger partial charge in [0.05, 0.1) is 18.7 Å². The van der Waals surface area contributed by atoms with Crippen molar-refractivity contribution in [3.8, 4) is 5.75 Å².